The summed E-state index contributed by atoms with van der Waals surface area (Å²) in [6.07, 6.45) is 8.21. The first-order chi connectivity index (χ1) is 22.6. The number of anilines is 2. The van der Waals surface area contributed by atoms with Crippen LogP contribution < -0.4 is 26.4 Å². The van der Waals surface area contributed by atoms with Gasteiger partial charge in [0.1, 0.15) is 0 Å². The number of ketones is 3. The summed E-state index contributed by atoms with van der Waals surface area (Å²) in [7, 11) is 0. The van der Waals surface area contributed by atoms with E-state index in [1.807, 2.05) is 12.1 Å². The molecule has 3 heterocycles. The number of nitrogen functional groups attached to an aromatic ring is 2. The molecule has 0 unspecified atom stereocenters. The van der Waals surface area contributed by atoms with Crippen LogP contribution in [0.5, 0.6) is 0 Å². The van der Waals surface area contributed by atoms with Crippen molar-refractivity contribution >= 4 is 72.7 Å². The maximum absolute atomic E-state index is 12.1. The first-order valence-electron chi connectivity index (χ1n) is 14.0. The van der Waals surface area contributed by atoms with Gasteiger partial charge in [-0.1, -0.05) is 111 Å². The van der Waals surface area contributed by atoms with Crippen LogP contribution in [0.2, 0.25) is 0 Å². The molecule has 3 aromatic carbocycles. The van der Waals surface area contributed by atoms with Crippen molar-refractivity contribution in [3.8, 4) is 0 Å². The Morgan fingerprint density at radius 3 is 1.09 bits per heavy atom. The van der Waals surface area contributed by atoms with E-state index in [9.17, 15) is 14.4 Å². The second kappa shape index (κ2) is 31.5. The molecule has 0 fully saturated rings. The third-order valence-electron chi connectivity index (χ3n) is 6.44. The van der Waals surface area contributed by atoms with Crippen LogP contribution in [-0.2, 0) is 60.3 Å². The molecule has 0 radical (unpaired) electrons. The van der Waals surface area contributed by atoms with E-state index in [-0.39, 0.29) is 118 Å². The predicted octanol–water partition coefficient (Wildman–Crippen LogP) is 11.1. The molecule has 0 aliphatic heterocycles. The standard InChI is InChI=1S/C15H13NO.C11H7Br2NO.C11H11N3O.3CH3.3Ir.3H2N/c1-3-11-8-12(4-2)10-13(9-11)15(17)14-6-5-7-16-14;2*12-8-4-7(5-9(13)6-8)11(15)10-2-1-3-14-10;;;;;;;;;/h3-10H,1-2H2,(H,16,17);1-6H,(H,14,15);1-6H,12-13H2,(H,14,15);3*1H3;;;;3*1H2/q;;;3*-1;3*+3;3*-1/p-3. The second-order valence-corrected chi connectivity index (χ2v) is 11.7. The molecule has 10 N–H and O–H groups in total. The molecular weight excluding hydrogens is 1380 g/mol. The van der Waals surface area contributed by atoms with E-state index in [1.54, 1.807) is 110 Å². The number of benzene rings is 3. The van der Waals surface area contributed by atoms with Gasteiger partial charge in [0.15, 0.2) is 17.3 Å². The molecule has 3 aromatic heterocycles. The summed E-state index contributed by atoms with van der Waals surface area (Å²) < 4.78 is 1.73. The van der Waals surface area contributed by atoms with Crippen LogP contribution in [0, 0.1) is 22.3 Å². The summed E-state index contributed by atoms with van der Waals surface area (Å²) in [5.41, 5.74) is 17.0. The Hall–Kier alpha value is -3.62. The summed E-state index contributed by atoms with van der Waals surface area (Å²) in [5, 5.41) is 0. The number of rotatable bonds is 8. The molecule has 16 heteroatoms. The molecule has 6 rings (SSSR count). The smallest absolute Gasteiger partial charge is 0.693 e. The van der Waals surface area contributed by atoms with Crippen LogP contribution in [0.3, 0.4) is 0 Å². The van der Waals surface area contributed by atoms with Gasteiger partial charge in [0.25, 0.3) is 0 Å². The minimum atomic E-state index is -0.168. The third kappa shape index (κ3) is 18.5. The first-order valence-corrected chi connectivity index (χ1v) is 15.6. The molecule has 0 aliphatic carbocycles. The van der Waals surface area contributed by atoms with Crippen molar-refractivity contribution < 1.29 is 74.7 Å². The van der Waals surface area contributed by atoms with Crippen LogP contribution in [0.15, 0.2) is 132 Å². The zero-order valence-corrected chi connectivity index (χ0v) is 41.0. The van der Waals surface area contributed by atoms with Gasteiger partial charge in [-0.3, -0.25) is 14.4 Å². The van der Waals surface area contributed by atoms with Crippen LogP contribution in [-0.4, -0.2) is 17.3 Å². The summed E-state index contributed by atoms with van der Waals surface area (Å²) in [6, 6.07) is 26.0. The fourth-order valence-electron chi connectivity index (χ4n) is 4.28. The van der Waals surface area contributed by atoms with Gasteiger partial charge in [-0.15, -0.1) is 0 Å². The molecule has 0 bridgehead atoms. The maximum atomic E-state index is 12.1. The van der Waals surface area contributed by atoms with Crippen LogP contribution in [0.1, 0.15) is 59.3 Å². The topological polar surface area (TPSA) is 246 Å². The Morgan fingerprint density at radius 1 is 0.500 bits per heavy atom. The van der Waals surface area contributed by atoms with E-state index in [0.717, 1.165) is 20.1 Å². The zero-order valence-electron chi connectivity index (χ0n) is 30.7. The number of halogens is 2. The van der Waals surface area contributed by atoms with Crippen molar-refractivity contribution in [3.05, 3.63) is 217 Å². The molecule has 0 atom stereocenters. The van der Waals surface area contributed by atoms with E-state index in [2.05, 4.69) is 60.0 Å². The number of nitrogens with zero attached hydrogens (tertiary/aromatic N) is 3. The van der Waals surface area contributed by atoms with E-state index in [0.29, 0.717) is 45.1 Å². The van der Waals surface area contributed by atoms with E-state index >= 15 is 0 Å². The Morgan fingerprint density at radius 2 is 0.804 bits per heavy atom. The van der Waals surface area contributed by atoms with Gasteiger partial charge in [-0.25, -0.2) is 0 Å². The van der Waals surface area contributed by atoms with Crippen molar-refractivity contribution in [2.75, 3.05) is 11.5 Å². The number of carbonyl (C=O) groups excluding carboxylic acids is 3. The Labute approximate surface area is 387 Å². The average Bonchev–Trinajstić information content (AvgIpc) is 3.87. The molecule has 302 valence electrons. The van der Waals surface area contributed by atoms with E-state index in [4.69, 9.17) is 11.5 Å². The quantitative estimate of drug-likeness (QED) is 0.0841. The van der Waals surface area contributed by atoms with Gasteiger partial charge in [0.05, 0.1) is 0 Å². The SMILES string of the molecule is C=Cc1cc(C=C)cc(C(=O)c2ccc[n-]2)c1.Nc1cc(N)cc(C(=O)c2ccc[n-]2)c1.O=C(c1cc(Br)cc(Br)c1)c1ccc[n-]1.[CH3-].[CH3-].[CH3-].[Ir+3].[Ir+3].[Ir+3].[NH2-].[NH2-].[NH2-]. The molecule has 6 aromatic rings. The fraction of sp³-hybridized carbons (Fsp3) is 0. The zero-order chi connectivity index (χ0) is 33.9. The first kappa shape index (κ1) is 64.3. The summed E-state index contributed by atoms with van der Waals surface area (Å²) >= 11 is 6.68. The number of hydrogen-bond donors (Lipinski definition) is 2. The van der Waals surface area contributed by atoms with Crippen molar-refractivity contribution in [1.82, 2.24) is 15.0 Å². The molecule has 56 heavy (non-hydrogen) atoms. The van der Waals surface area contributed by atoms with Gasteiger partial charge >= 0.3 is 60.3 Å². The maximum Gasteiger partial charge on any atom is 3.00 e. The Balaban J connectivity index is -0.000000155. The molecule has 0 aliphatic rings. The van der Waals surface area contributed by atoms with Crippen LogP contribution in [0.25, 0.3) is 30.6 Å². The van der Waals surface area contributed by atoms with Crippen LogP contribution in [0.4, 0.5) is 11.4 Å². The van der Waals surface area contributed by atoms with Crippen LogP contribution >= 0.6 is 31.9 Å². The monoisotopic (exact) mass is 1420 g/mol. The van der Waals surface area contributed by atoms with Crippen molar-refractivity contribution in [3.63, 3.8) is 0 Å². The number of aromatic nitrogens is 3. The van der Waals surface area contributed by atoms with Crippen molar-refractivity contribution in [2.24, 2.45) is 0 Å². The largest absolute Gasteiger partial charge is 3.00 e. The molecule has 0 saturated carbocycles. The van der Waals surface area contributed by atoms with Crippen molar-refractivity contribution in [2.45, 2.75) is 0 Å². The second-order valence-electron chi connectivity index (χ2n) is 9.90. The van der Waals surface area contributed by atoms with E-state index < -0.39 is 0 Å². The summed E-state index contributed by atoms with van der Waals surface area (Å²) in [5.74, 6) is -0.317. The average molecular weight is 1420 g/mol. The molecule has 11 nitrogen and oxygen atoms in total. The third-order valence-corrected chi connectivity index (χ3v) is 7.35. The van der Waals surface area contributed by atoms with E-state index in [1.165, 1.54) is 0 Å². The minimum Gasteiger partial charge on any atom is -0.693 e. The van der Waals surface area contributed by atoms with Gasteiger partial charge in [-0.2, -0.15) is 18.6 Å². The summed E-state index contributed by atoms with van der Waals surface area (Å²) in [4.78, 5) is 47.8. The molecule has 0 saturated heterocycles. The fourth-order valence-corrected chi connectivity index (χ4v) is 5.58. The van der Waals surface area contributed by atoms with Gasteiger partial charge < -0.3 is 67.2 Å². The normalized spacial score (nSPS) is 8.46. The Bertz CT molecular complexity index is 1880. The number of nitrogens with two attached hydrogens (primary N) is 5. The Kier molecular flexibility index (Phi) is 36.1. The van der Waals surface area contributed by atoms with Gasteiger partial charge in [-0.05, 0) is 65.7 Å². The number of hydrogen-bond acceptors (Lipinski definition) is 5. The molecule has 0 spiro atoms. The predicted molar refractivity (Wildman–Crippen MR) is 228 cm³/mol. The van der Waals surface area contributed by atoms with Gasteiger partial charge in [0.2, 0.25) is 0 Å². The van der Waals surface area contributed by atoms with Gasteiger partial charge in [0, 0.05) is 37.0 Å². The molecule has 0 amide bonds. The van der Waals surface area contributed by atoms with Crippen molar-refractivity contribution in [1.29, 1.82) is 0 Å². The number of carbonyl (C=O) groups is 3. The minimum absolute atomic E-state index is 0. The summed E-state index contributed by atoms with van der Waals surface area (Å²) in [6.45, 7) is 7.42. The molecular formula is C40H43Br2Ir3N8O3.